The molecule has 1 aliphatic carbocycles. The van der Waals surface area contributed by atoms with Gasteiger partial charge in [-0.3, -0.25) is 4.79 Å². The summed E-state index contributed by atoms with van der Waals surface area (Å²) in [6, 6.07) is 6.62. The molecule has 1 saturated heterocycles. The van der Waals surface area contributed by atoms with Crippen molar-refractivity contribution in [3.63, 3.8) is 0 Å². The molecule has 1 aromatic carbocycles. The summed E-state index contributed by atoms with van der Waals surface area (Å²) in [5.41, 5.74) is -1.64. The number of carbonyl (C=O) groups is 2. The van der Waals surface area contributed by atoms with E-state index < -0.39 is 23.8 Å². The molecule has 1 aromatic rings. The molecule has 3 amide bonds. The van der Waals surface area contributed by atoms with Crippen LogP contribution in [-0.2, 0) is 4.79 Å². The van der Waals surface area contributed by atoms with Gasteiger partial charge in [-0.1, -0.05) is 30.3 Å². The van der Waals surface area contributed by atoms with Crippen molar-refractivity contribution >= 4 is 11.9 Å². The van der Waals surface area contributed by atoms with Gasteiger partial charge >= 0.3 is 12.2 Å². The van der Waals surface area contributed by atoms with E-state index in [1.165, 1.54) is 0 Å². The molecular formula is C18H22F3N3O2. The Morgan fingerprint density at radius 3 is 2.15 bits per heavy atom. The van der Waals surface area contributed by atoms with Gasteiger partial charge in [0.2, 0.25) is 5.91 Å². The maximum Gasteiger partial charge on any atom is 0.411 e. The summed E-state index contributed by atoms with van der Waals surface area (Å²) in [5.74, 6) is -0.293. The third-order valence-electron chi connectivity index (χ3n) is 5.18. The average molecular weight is 369 g/mol. The van der Waals surface area contributed by atoms with Gasteiger partial charge in [0.05, 0.1) is 0 Å². The minimum atomic E-state index is -4.51. The zero-order chi connectivity index (χ0) is 18.8. The zero-order valence-corrected chi connectivity index (χ0v) is 14.3. The van der Waals surface area contributed by atoms with Crippen molar-refractivity contribution in [3.05, 3.63) is 35.9 Å². The molecule has 1 heterocycles. The minimum absolute atomic E-state index is 0.139. The van der Waals surface area contributed by atoms with E-state index in [1.54, 1.807) is 35.2 Å². The fourth-order valence-corrected chi connectivity index (χ4v) is 3.45. The molecule has 2 N–H and O–H groups in total. The van der Waals surface area contributed by atoms with Crippen molar-refractivity contribution in [1.29, 1.82) is 0 Å². The monoisotopic (exact) mass is 369 g/mol. The van der Waals surface area contributed by atoms with Crippen LogP contribution in [0.15, 0.2) is 30.3 Å². The van der Waals surface area contributed by atoms with E-state index in [4.69, 9.17) is 0 Å². The highest BCUT2D eigenvalue weighted by Crippen LogP contribution is 2.45. The Bertz CT molecular complexity index is 653. The highest BCUT2D eigenvalue weighted by Gasteiger charge is 2.59. The van der Waals surface area contributed by atoms with Gasteiger partial charge in [0.1, 0.15) is 11.6 Å². The molecule has 1 aliphatic heterocycles. The Labute approximate surface area is 149 Å². The fraction of sp³-hybridized carbons (Fsp3) is 0.556. The number of alkyl halides is 3. The summed E-state index contributed by atoms with van der Waals surface area (Å²) in [6.07, 6.45) is -2.61. The van der Waals surface area contributed by atoms with Gasteiger partial charge in [0.15, 0.2) is 0 Å². The lowest BCUT2D eigenvalue weighted by atomic mass is 9.76. The maximum atomic E-state index is 13.3. The standard InChI is InChI=1S/C18H22F3N3O2/c19-18(20,21)17(9-6-10-17)23-16(26)22-14(13-7-2-1-3-8-13)15(25)24-11-4-5-12-24/h1-3,7-8,14H,4-6,9-12H2,(H2,22,23,26). The Hall–Kier alpha value is -2.25. The van der Waals surface area contributed by atoms with Gasteiger partial charge < -0.3 is 15.5 Å². The van der Waals surface area contributed by atoms with Crippen LogP contribution in [0, 0.1) is 0 Å². The summed E-state index contributed by atoms with van der Waals surface area (Å²) in [6.45, 7) is 1.19. The number of urea groups is 1. The van der Waals surface area contributed by atoms with E-state index >= 15 is 0 Å². The number of hydrogen-bond acceptors (Lipinski definition) is 2. The Morgan fingerprint density at radius 1 is 1.04 bits per heavy atom. The average Bonchev–Trinajstić information content (AvgIpc) is 3.09. The summed E-state index contributed by atoms with van der Waals surface area (Å²) in [7, 11) is 0. The van der Waals surface area contributed by atoms with Crippen LogP contribution in [0.5, 0.6) is 0 Å². The van der Waals surface area contributed by atoms with Gasteiger partial charge in [-0.2, -0.15) is 13.2 Å². The van der Waals surface area contributed by atoms with Gasteiger partial charge in [-0.15, -0.1) is 0 Å². The SMILES string of the molecule is O=C(NC(C(=O)N1CCCC1)c1ccccc1)NC1(C(F)(F)F)CCC1. The molecule has 26 heavy (non-hydrogen) atoms. The lowest BCUT2D eigenvalue weighted by molar-refractivity contribution is -0.214. The van der Waals surface area contributed by atoms with E-state index in [2.05, 4.69) is 10.6 Å². The van der Waals surface area contributed by atoms with E-state index in [0.717, 1.165) is 12.8 Å². The summed E-state index contributed by atoms with van der Waals surface area (Å²) >= 11 is 0. The molecule has 0 spiro atoms. The molecule has 5 nitrogen and oxygen atoms in total. The molecule has 1 saturated carbocycles. The highest BCUT2D eigenvalue weighted by molar-refractivity contribution is 5.88. The smallest absolute Gasteiger partial charge is 0.341 e. The Balaban J connectivity index is 1.75. The van der Waals surface area contributed by atoms with Crippen LogP contribution in [0.3, 0.4) is 0 Å². The molecule has 142 valence electrons. The number of nitrogens with zero attached hydrogens (tertiary/aromatic N) is 1. The normalized spacial score (nSPS) is 20.2. The van der Waals surface area contributed by atoms with Crippen molar-refractivity contribution in [2.24, 2.45) is 0 Å². The van der Waals surface area contributed by atoms with Crippen molar-refractivity contribution in [2.75, 3.05) is 13.1 Å². The maximum absolute atomic E-state index is 13.3. The molecule has 0 aromatic heterocycles. The lowest BCUT2D eigenvalue weighted by Crippen LogP contribution is -2.65. The first kappa shape index (κ1) is 18.5. The molecule has 8 heteroatoms. The minimum Gasteiger partial charge on any atom is -0.341 e. The molecule has 1 unspecified atom stereocenters. The number of halogens is 3. The Morgan fingerprint density at radius 2 is 1.65 bits per heavy atom. The zero-order valence-electron chi connectivity index (χ0n) is 14.3. The van der Waals surface area contributed by atoms with E-state index in [9.17, 15) is 22.8 Å². The first-order chi connectivity index (χ1) is 12.3. The molecule has 1 atom stereocenters. The number of hydrogen-bond donors (Lipinski definition) is 2. The summed E-state index contributed by atoms with van der Waals surface area (Å²) in [4.78, 5) is 26.7. The summed E-state index contributed by atoms with van der Waals surface area (Å²) in [5, 5.41) is 4.53. The molecule has 0 bridgehead atoms. The highest BCUT2D eigenvalue weighted by atomic mass is 19.4. The number of benzene rings is 1. The molecule has 3 rings (SSSR count). The predicted octanol–water partition coefficient (Wildman–Crippen LogP) is 3.13. The predicted molar refractivity (Wildman–Crippen MR) is 89.3 cm³/mol. The third-order valence-corrected chi connectivity index (χ3v) is 5.18. The second-order valence-electron chi connectivity index (χ2n) is 6.91. The molecular weight excluding hydrogens is 347 g/mol. The number of likely N-dealkylation sites (tertiary alicyclic amines) is 1. The quantitative estimate of drug-likeness (QED) is 0.857. The van der Waals surface area contributed by atoms with Crippen molar-refractivity contribution in [1.82, 2.24) is 15.5 Å². The number of amides is 3. The lowest BCUT2D eigenvalue weighted by Gasteiger charge is -2.43. The topological polar surface area (TPSA) is 61.4 Å². The largest absolute Gasteiger partial charge is 0.411 e. The first-order valence-electron chi connectivity index (χ1n) is 8.82. The van der Waals surface area contributed by atoms with Crippen molar-refractivity contribution in [2.45, 2.75) is 49.9 Å². The van der Waals surface area contributed by atoms with Crippen LogP contribution in [0.4, 0.5) is 18.0 Å². The summed E-state index contributed by atoms with van der Waals surface area (Å²) < 4.78 is 39.8. The fourth-order valence-electron chi connectivity index (χ4n) is 3.45. The molecule has 2 fully saturated rings. The van der Waals surface area contributed by atoms with Crippen LogP contribution in [-0.4, -0.2) is 41.6 Å². The first-order valence-corrected chi connectivity index (χ1v) is 8.82. The van der Waals surface area contributed by atoms with E-state index in [0.29, 0.717) is 25.1 Å². The van der Waals surface area contributed by atoms with Gasteiger partial charge in [0.25, 0.3) is 0 Å². The Kier molecular flexibility index (Phi) is 5.11. The van der Waals surface area contributed by atoms with Crippen LogP contribution in [0.25, 0.3) is 0 Å². The van der Waals surface area contributed by atoms with E-state index in [-0.39, 0.29) is 18.7 Å². The van der Waals surface area contributed by atoms with Crippen molar-refractivity contribution in [3.8, 4) is 0 Å². The number of carbonyl (C=O) groups excluding carboxylic acids is 2. The second-order valence-corrected chi connectivity index (χ2v) is 6.91. The van der Waals surface area contributed by atoms with Crippen LogP contribution in [0.1, 0.15) is 43.7 Å². The number of rotatable bonds is 4. The third kappa shape index (κ3) is 3.64. The van der Waals surface area contributed by atoms with Crippen molar-refractivity contribution < 1.29 is 22.8 Å². The second kappa shape index (κ2) is 7.17. The van der Waals surface area contributed by atoms with Gasteiger partial charge in [-0.05, 0) is 37.7 Å². The van der Waals surface area contributed by atoms with Crippen LogP contribution >= 0.6 is 0 Å². The number of nitrogens with one attached hydrogen (secondary N) is 2. The van der Waals surface area contributed by atoms with Gasteiger partial charge in [0, 0.05) is 13.1 Å². The molecule has 0 radical (unpaired) electrons. The van der Waals surface area contributed by atoms with Crippen LogP contribution < -0.4 is 10.6 Å². The molecule has 2 aliphatic rings. The van der Waals surface area contributed by atoms with Crippen LogP contribution in [0.2, 0.25) is 0 Å². The van der Waals surface area contributed by atoms with E-state index in [1.807, 2.05) is 0 Å². The van der Waals surface area contributed by atoms with Gasteiger partial charge in [-0.25, -0.2) is 4.79 Å².